The van der Waals surface area contributed by atoms with E-state index >= 15 is 0 Å². The van der Waals surface area contributed by atoms with E-state index in [1.807, 2.05) is 15.6 Å². The maximum absolute atomic E-state index is 4.37. The molecule has 0 radical (unpaired) electrons. The third kappa shape index (κ3) is 2.72. The topological polar surface area (TPSA) is 73.5 Å². The van der Waals surface area contributed by atoms with Crippen molar-refractivity contribution in [3.8, 4) is 0 Å². The molecule has 0 amide bonds. The fourth-order valence-electron chi connectivity index (χ4n) is 2.24. The molecule has 0 saturated heterocycles. The van der Waals surface area contributed by atoms with Crippen LogP contribution in [0.4, 0.5) is 0 Å². The second-order valence-electron chi connectivity index (χ2n) is 5.68. The molecule has 2 aromatic rings. The van der Waals surface area contributed by atoms with E-state index in [1.54, 1.807) is 0 Å². The largest absolute Gasteiger partial charge is 0.305 e. The number of aromatic nitrogens is 6. The molecule has 2 heterocycles. The van der Waals surface area contributed by atoms with Crippen molar-refractivity contribution < 1.29 is 0 Å². The Morgan fingerprint density at radius 2 is 2.20 bits per heavy atom. The molecule has 2 atom stereocenters. The predicted molar refractivity (Wildman–Crippen MR) is 74.1 cm³/mol. The maximum atomic E-state index is 4.37. The molecule has 1 aliphatic rings. The van der Waals surface area contributed by atoms with Gasteiger partial charge in [0.25, 0.3) is 0 Å². The predicted octanol–water partition coefficient (Wildman–Crippen LogP) is 1.25. The summed E-state index contributed by atoms with van der Waals surface area (Å²) in [5.41, 5.74) is 1.18. The molecule has 0 aliphatic heterocycles. The van der Waals surface area contributed by atoms with Crippen molar-refractivity contribution in [1.29, 1.82) is 0 Å². The molecule has 0 aromatic carbocycles. The lowest BCUT2D eigenvalue weighted by molar-refractivity contribution is 0.359. The van der Waals surface area contributed by atoms with Crippen LogP contribution in [0.5, 0.6) is 0 Å². The average molecular weight is 275 g/mol. The molecule has 1 saturated carbocycles. The highest BCUT2D eigenvalue weighted by molar-refractivity contribution is 5.01. The van der Waals surface area contributed by atoms with Crippen molar-refractivity contribution in [2.24, 2.45) is 0 Å². The van der Waals surface area contributed by atoms with E-state index in [0.29, 0.717) is 18.6 Å². The summed E-state index contributed by atoms with van der Waals surface area (Å²) in [7, 11) is 0. The van der Waals surface area contributed by atoms with Crippen molar-refractivity contribution in [2.45, 2.75) is 58.3 Å². The fourth-order valence-corrected chi connectivity index (χ4v) is 2.24. The van der Waals surface area contributed by atoms with Gasteiger partial charge in [0.05, 0.1) is 24.8 Å². The Hall–Kier alpha value is -1.76. The van der Waals surface area contributed by atoms with E-state index in [9.17, 15) is 0 Å². The highest BCUT2D eigenvalue weighted by atomic mass is 15.6. The van der Waals surface area contributed by atoms with Gasteiger partial charge < -0.3 is 5.32 Å². The number of hydrogen-bond donors (Lipinski definition) is 1. The van der Waals surface area contributed by atoms with Gasteiger partial charge in [-0.1, -0.05) is 0 Å². The van der Waals surface area contributed by atoms with Gasteiger partial charge in [0.1, 0.15) is 0 Å². The van der Waals surface area contributed by atoms with Crippen LogP contribution in [0, 0.1) is 6.92 Å². The Labute approximate surface area is 118 Å². The molecule has 1 N–H and O–H groups in total. The molecular weight excluding hydrogens is 254 g/mol. The molecule has 108 valence electrons. The van der Waals surface area contributed by atoms with E-state index in [2.05, 4.69) is 52.9 Å². The maximum Gasteiger partial charge on any atom is 0.165 e. The summed E-state index contributed by atoms with van der Waals surface area (Å²) in [6.45, 7) is 7.06. The third-order valence-electron chi connectivity index (χ3n) is 3.91. The van der Waals surface area contributed by atoms with E-state index in [-0.39, 0.29) is 6.04 Å². The number of rotatable bonds is 6. The Bertz CT molecular complexity index is 569. The van der Waals surface area contributed by atoms with Gasteiger partial charge in [-0.3, -0.25) is 4.68 Å². The third-order valence-corrected chi connectivity index (χ3v) is 3.91. The van der Waals surface area contributed by atoms with Gasteiger partial charge in [-0.05, 0) is 49.6 Å². The zero-order chi connectivity index (χ0) is 14.1. The normalized spacial score (nSPS) is 18.1. The summed E-state index contributed by atoms with van der Waals surface area (Å²) in [6, 6.07) is 1.09. The molecule has 7 heteroatoms. The Morgan fingerprint density at radius 1 is 1.40 bits per heavy atom. The second kappa shape index (κ2) is 5.32. The standard InChI is InChI=1S/C13H21N7/c1-9-6-15-19(8-9)11(3)10(2)14-7-13-16-17-18-20(13)12-4-5-12/h6,8,10-12,14H,4-5,7H2,1-3H3/t10-,11+/m0/s1. The molecule has 20 heavy (non-hydrogen) atoms. The van der Waals surface area contributed by atoms with Crippen molar-refractivity contribution in [2.75, 3.05) is 0 Å². The number of tetrazole rings is 1. The molecule has 3 rings (SSSR count). The summed E-state index contributed by atoms with van der Waals surface area (Å²) in [4.78, 5) is 0. The van der Waals surface area contributed by atoms with Crippen LogP contribution in [0.25, 0.3) is 0 Å². The lowest BCUT2D eigenvalue weighted by Gasteiger charge is -2.21. The van der Waals surface area contributed by atoms with Crippen LogP contribution in [0.1, 0.15) is 50.2 Å². The van der Waals surface area contributed by atoms with Gasteiger partial charge in [0.15, 0.2) is 5.82 Å². The van der Waals surface area contributed by atoms with E-state index in [1.165, 1.54) is 18.4 Å². The minimum absolute atomic E-state index is 0.286. The molecule has 1 fully saturated rings. The molecule has 0 bridgehead atoms. The number of aryl methyl sites for hydroxylation is 1. The summed E-state index contributed by atoms with van der Waals surface area (Å²) in [5, 5.41) is 19.8. The monoisotopic (exact) mass is 275 g/mol. The fraction of sp³-hybridized carbons (Fsp3) is 0.692. The SMILES string of the molecule is Cc1cnn([C@H](C)[C@H](C)NCc2nnnn2C2CC2)c1. The summed E-state index contributed by atoms with van der Waals surface area (Å²) >= 11 is 0. The summed E-state index contributed by atoms with van der Waals surface area (Å²) in [6.07, 6.45) is 6.33. The highest BCUT2D eigenvalue weighted by Crippen LogP contribution is 2.34. The van der Waals surface area contributed by atoms with E-state index < -0.39 is 0 Å². The first-order valence-corrected chi connectivity index (χ1v) is 7.16. The zero-order valence-electron chi connectivity index (χ0n) is 12.2. The molecule has 0 unspecified atom stereocenters. The van der Waals surface area contributed by atoms with Gasteiger partial charge in [-0.15, -0.1) is 5.10 Å². The van der Waals surface area contributed by atoms with Crippen LogP contribution in [0.3, 0.4) is 0 Å². The first-order valence-electron chi connectivity index (χ1n) is 7.16. The quantitative estimate of drug-likeness (QED) is 0.859. The molecule has 7 nitrogen and oxygen atoms in total. The van der Waals surface area contributed by atoms with E-state index in [4.69, 9.17) is 0 Å². The molecule has 2 aromatic heterocycles. The van der Waals surface area contributed by atoms with Crippen LogP contribution in [0.2, 0.25) is 0 Å². The van der Waals surface area contributed by atoms with Gasteiger partial charge >= 0.3 is 0 Å². The van der Waals surface area contributed by atoms with Gasteiger partial charge in [-0.2, -0.15) is 5.10 Å². The van der Waals surface area contributed by atoms with Crippen molar-refractivity contribution >= 4 is 0 Å². The molecule has 0 spiro atoms. The smallest absolute Gasteiger partial charge is 0.165 e. The van der Waals surface area contributed by atoms with Gasteiger partial charge in [-0.25, -0.2) is 4.68 Å². The lowest BCUT2D eigenvalue weighted by atomic mass is 10.2. The Morgan fingerprint density at radius 3 is 2.85 bits per heavy atom. The van der Waals surface area contributed by atoms with Crippen molar-refractivity contribution in [3.05, 3.63) is 23.8 Å². The average Bonchev–Trinajstić information content (AvgIpc) is 3.02. The van der Waals surface area contributed by atoms with Crippen LogP contribution in [0.15, 0.2) is 12.4 Å². The highest BCUT2D eigenvalue weighted by Gasteiger charge is 2.27. The van der Waals surface area contributed by atoms with Crippen LogP contribution >= 0.6 is 0 Å². The summed E-state index contributed by atoms with van der Waals surface area (Å²) in [5.74, 6) is 0.920. The van der Waals surface area contributed by atoms with Gasteiger partial charge in [0, 0.05) is 12.2 Å². The van der Waals surface area contributed by atoms with Crippen LogP contribution < -0.4 is 5.32 Å². The van der Waals surface area contributed by atoms with Crippen molar-refractivity contribution in [3.63, 3.8) is 0 Å². The second-order valence-corrected chi connectivity index (χ2v) is 5.68. The van der Waals surface area contributed by atoms with Crippen LogP contribution in [-0.2, 0) is 6.54 Å². The molecular formula is C13H21N7. The number of nitrogens with one attached hydrogen (secondary N) is 1. The van der Waals surface area contributed by atoms with Crippen molar-refractivity contribution in [1.82, 2.24) is 35.3 Å². The van der Waals surface area contributed by atoms with Crippen LogP contribution in [-0.4, -0.2) is 36.0 Å². The van der Waals surface area contributed by atoms with E-state index in [0.717, 1.165) is 5.82 Å². The minimum atomic E-state index is 0.286. The number of hydrogen-bond acceptors (Lipinski definition) is 5. The van der Waals surface area contributed by atoms with Gasteiger partial charge in [0.2, 0.25) is 0 Å². The molecule has 1 aliphatic carbocycles. The summed E-state index contributed by atoms with van der Waals surface area (Å²) < 4.78 is 3.94. The Balaban J connectivity index is 1.58. The number of nitrogens with zero attached hydrogens (tertiary/aromatic N) is 6. The first-order chi connectivity index (χ1) is 9.65. The lowest BCUT2D eigenvalue weighted by Crippen LogP contribution is -2.34. The first kappa shape index (κ1) is 13.2. The zero-order valence-corrected chi connectivity index (χ0v) is 12.2. The minimum Gasteiger partial charge on any atom is -0.305 e. The Kier molecular flexibility index (Phi) is 3.52.